The van der Waals surface area contributed by atoms with E-state index < -0.39 is 0 Å². The minimum absolute atomic E-state index is 0.178. The van der Waals surface area contributed by atoms with Gasteiger partial charge in [0.2, 0.25) is 5.95 Å². The molecule has 0 aliphatic carbocycles. The predicted molar refractivity (Wildman–Crippen MR) is 91.8 cm³/mol. The molecule has 25 heavy (non-hydrogen) atoms. The number of hydrogen-bond acceptors (Lipinski definition) is 4. The lowest BCUT2D eigenvalue weighted by molar-refractivity contribution is 0.328. The molecular weight excluding hydrogens is 319 g/mol. The third-order valence-corrected chi connectivity index (χ3v) is 4.68. The molecule has 1 aromatic heterocycles. The third kappa shape index (κ3) is 2.14. The Kier molecular flexibility index (Phi) is 2.94. The number of aromatic nitrogens is 3. The smallest absolute Gasteiger partial charge is 0.226 e. The Bertz CT molecular complexity index is 1010. The van der Waals surface area contributed by atoms with Crippen LogP contribution in [0.1, 0.15) is 22.7 Å². The SMILES string of the molecule is Cc1ccc2c(c1)C1=C(CO2)[C@@H](c2ccc(F)cc2)n2ncnc2N1. The number of rotatable bonds is 1. The Balaban J connectivity index is 1.73. The molecule has 0 saturated heterocycles. The van der Waals surface area contributed by atoms with Crippen molar-refractivity contribution >= 4 is 11.6 Å². The molecule has 0 radical (unpaired) electrons. The van der Waals surface area contributed by atoms with Gasteiger partial charge in [0.05, 0.1) is 5.70 Å². The van der Waals surface area contributed by atoms with Crippen molar-refractivity contribution in [2.45, 2.75) is 13.0 Å². The zero-order chi connectivity index (χ0) is 17.0. The number of nitrogens with zero attached hydrogens (tertiary/aromatic N) is 3. The maximum Gasteiger partial charge on any atom is 0.226 e. The van der Waals surface area contributed by atoms with Crippen molar-refractivity contribution in [1.82, 2.24) is 14.8 Å². The summed E-state index contributed by atoms with van der Waals surface area (Å²) < 4.78 is 21.2. The lowest BCUT2D eigenvalue weighted by atomic mass is 9.91. The number of fused-ring (bicyclic) bond motifs is 3. The van der Waals surface area contributed by atoms with Crippen LogP contribution >= 0.6 is 0 Å². The van der Waals surface area contributed by atoms with E-state index in [-0.39, 0.29) is 11.9 Å². The average molecular weight is 334 g/mol. The molecule has 2 aliphatic heterocycles. The van der Waals surface area contributed by atoms with Crippen LogP contribution in [-0.4, -0.2) is 21.4 Å². The molecule has 0 fully saturated rings. The molecule has 2 aliphatic rings. The molecule has 3 aromatic rings. The molecule has 0 saturated carbocycles. The minimum atomic E-state index is -0.258. The van der Waals surface area contributed by atoms with Crippen LogP contribution in [0.4, 0.5) is 10.3 Å². The second-order valence-electron chi connectivity index (χ2n) is 6.30. The zero-order valence-corrected chi connectivity index (χ0v) is 13.5. The molecule has 5 rings (SSSR count). The second kappa shape index (κ2) is 5.17. The average Bonchev–Trinajstić information content (AvgIpc) is 3.09. The van der Waals surface area contributed by atoms with E-state index in [4.69, 9.17) is 4.74 Å². The first-order valence-electron chi connectivity index (χ1n) is 8.09. The van der Waals surface area contributed by atoms with Gasteiger partial charge in [-0.25, -0.2) is 9.07 Å². The van der Waals surface area contributed by atoms with Crippen LogP contribution < -0.4 is 10.1 Å². The Hall–Kier alpha value is -3.15. The number of benzene rings is 2. The van der Waals surface area contributed by atoms with Gasteiger partial charge in [0, 0.05) is 11.1 Å². The lowest BCUT2D eigenvalue weighted by Crippen LogP contribution is -2.30. The van der Waals surface area contributed by atoms with E-state index in [0.29, 0.717) is 12.6 Å². The third-order valence-electron chi connectivity index (χ3n) is 4.68. The van der Waals surface area contributed by atoms with Gasteiger partial charge >= 0.3 is 0 Å². The zero-order valence-electron chi connectivity index (χ0n) is 13.5. The van der Waals surface area contributed by atoms with E-state index in [1.54, 1.807) is 12.1 Å². The summed E-state index contributed by atoms with van der Waals surface area (Å²) in [5.41, 5.74) is 5.18. The first kappa shape index (κ1) is 14.2. The summed E-state index contributed by atoms with van der Waals surface area (Å²) in [5, 5.41) is 7.75. The monoisotopic (exact) mass is 334 g/mol. The lowest BCUT2D eigenvalue weighted by Gasteiger charge is -2.34. The molecule has 0 unspecified atom stereocenters. The van der Waals surface area contributed by atoms with Crippen LogP contribution in [0.2, 0.25) is 0 Å². The van der Waals surface area contributed by atoms with Gasteiger partial charge in [-0.2, -0.15) is 10.1 Å². The number of nitrogens with one attached hydrogen (secondary N) is 1. The van der Waals surface area contributed by atoms with Crippen molar-refractivity contribution in [3.8, 4) is 5.75 Å². The highest BCUT2D eigenvalue weighted by Gasteiger charge is 2.34. The van der Waals surface area contributed by atoms with Gasteiger partial charge < -0.3 is 10.1 Å². The number of ether oxygens (including phenoxy) is 1. The highest BCUT2D eigenvalue weighted by Crippen LogP contribution is 2.43. The Labute approximate surface area is 143 Å². The van der Waals surface area contributed by atoms with Crippen molar-refractivity contribution in [2.24, 2.45) is 0 Å². The van der Waals surface area contributed by atoms with Crippen molar-refractivity contribution in [2.75, 3.05) is 11.9 Å². The molecule has 124 valence electrons. The summed E-state index contributed by atoms with van der Waals surface area (Å²) in [4.78, 5) is 4.33. The van der Waals surface area contributed by atoms with Crippen molar-refractivity contribution in [1.29, 1.82) is 0 Å². The van der Waals surface area contributed by atoms with Crippen LogP contribution in [0.25, 0.3) is 5.70 Å². The summed E-state index contributed by atoms with van der Waals surface area (Å²) in [7, 11) is 0. The summed E-state index contributed by atoms with van der Waals surface area (Å²) >= 11 is 0. The largest absolute Gasteiger partial charge is 0.488 e. The molecule has 5 nitrogen and oxygen atoms in total. The quantitative estimate of drug-likeness (QED) is 0.739. The fourth-order valence-electron chi connectivity index (χ4n) is 3.50. The number of halogens is 1. The Morgan fingerprint density at radius 1 is 1.20 bits per heavy atom. The maximum atomic E-state index is 13.4. The fraction of sp³-hybridized carbons (Fsp3) is 0.158. The van der Waals surface area contributed by atoms with Crippen LogP contribution in [0.15, 0.2) is 54.4 Å². The van der Waals surface area contributed by atoms with E-state index in [0.717, 1.165) is 33.7 Å². The highest BCUT2D eigenvalue weighted by atomic mass is 19.1. The van der Waals surface area contributed by atoms with Gasteiger partial charge in [0.25, 0.3) is 0 Å². The number of aryl methyl sites for hydroxylation is 1. The topological polar surface area (TPSA) is 52.0 Å². The number of anilines is 1. The molecule has 2 aromatic carbocycles. The van der Waals surface area contributed by atoms with E-state index >= 15 is 0 Å². The van der Waals surface area contributed by atoms with Crippen molar-refractivity contribution in [3.63, 3.8) is 0 Å². The molecule has 3 heterocycles. The summed E-state index contributed by atoms with van der Waals surface area (Å²) in [6.45, 7) is 2.50. The van der Waals surface area contributed by atoms with Crippen molar-refractivity contribution in [3.05, 3.63) is 76.9 Å². The van der Waals surface area contributed by atoms with Gasteiger partial charge in [0.1, 0.15) is 30.5 Å². The van der Waals surface area contributed by atoms with Gasteiger partial charge in [-0.05, 0) is 36.8 Å². The Morgan fingerprint density at radius 2 is 2.04 bits per heavy atom. The van der Waals surface area contributed by atoms with E-state index in [1.165, 1.54) is 18.5 Å². The normalized spacial score (nSPS) is 17.9. The van der Waals surface area contributed by atoms with Crippen LogP contribution in [0.5, 0.6) is 5.75 Å². The van der Waals surface area contributed by atoms with E-state index in [1.807, 2.05) is 16.8 Å². The fourth-order valence-corrected chi connectivity index (χ4v) is 3.50. The van der Waals surface area contributed by atoms with Gasteiger partial charge in [-0.1, -0.05) is 23.8 Å². The van der Waals surface area contributed by atoms with Crippen LogP contribution in [0, 0.1) is 12.7 Å². The molecule has 0 amide bonds. The molecule has 6 heteroatoms. The van der Waals surface area contributed by atoms with Gasteiger partial charge in [-0.15, -0.1) is 0 Å². The molecule has 1 N–H and O–H groups in total. The summed E-state index contributed by atoms with van der Waals surface area (Å²) in [5.74, 6) is 1.26. The van der Waals surface area contributed by atoms with E-state index in [2.05, 4.69) is 28.4 Å². The van der Waals surface area contributed by atoms with E-state index in [9.17, 15) is 4.39 Å². The molecule has 0 spiro atoms. The minimum Gasteiger partial charge on any atom is -0.488 e. The predicted octanol–water partition coefficient (Wildman–Crippen LogP) is 3.54. The standard InChI is InChI=1S/C19H15FN4O/c1-11-2-7-16-14(8-11)17-15(9-25-16)18(12-3-5-13(20)6-4-12)24-19(23-17)21-10-22-24/h2-8,10,18H,9H2,1H3,(H,21,22,23)/t18-/m1/s1. The Morgan fingerprint density at radius 3 is 2.88 bits per heavy atom. The molecule has 1 atom stereocenters. The van der Waals surface area contributed by atoms with Crippen molar-refractivity contribution < 1.29 is 9.13 Å². The van der Waals surface area contributed by atoms with Crippen LogP contribution in [-0.2, 0) is 0 Å². The van der Waals surface area contributed by atoms with Gasteiger partial charge in [-0.3, -0.25) is 0 Å². The molecular formula is C19H15FN4O. The highest BCUT2D eigenvalue weighted by molar-refractivity contribution is 5.84. The first-order chi connectivity index (χ1) is 12.2. The molecule has 0 bridgehead atoms. The number of hydrogen-bond donors (Lipinski definition) is 1. The summed E-state index contributed by atoms with van der Waals surface area (Å²) in [6, 6.07) is 12.5. The summed E-state index contributed by atoms with van der Waals surface area (Å²) in [6.07, 6.45) is 1.52. The van der Waals surface area contributed by atoms with Crippen LogP contribution in [0.3, 0.4) is 0 Å². The second-order valence-corrected chi connectivity index (χ2v) is 6.30. The van der Waals surface area contributed by atoms with Gasteiger partial charge in [0.15, 0.2) is 0 Å². The first-order valence-corrected chi connectivity index (χ1v) is 8.09. The maximum absolute atomic E-state index is 13.4.